The fourth-order valence-corrected chi connectivity index (χ4v) is 3.07. The third kappa shape index (κ3) is 5.12. The Morgan fingerprint density at radius 3 is 2.60 bits per heavy atom. The molecule has 2 aromatic carbocycles. The molecule has 3 aromatic rings. The summed E-state index contributed by atoms with van der Waals surface area (Å²) in [6.45, 7) is 4.76. The van der Waals surface area contributed by atoms with Crippen LogP contribution < -0.4 is 14.2 Å². The SMILES string of the molecule is CC.COc1cc(C#N)ccc1OCCOc1cccc(-n2ccnc2C2CC2)c1. The van der Waals surface area contributed by atoms with Crippen LogP contribution in [-0.4, -0.2) is 29.9 Å². The lowest BCUT2D eigenvalue weighted by atomic mass is 10.2. The summed E-state index contributed by atoms with van der Waals surface area (Å²) in [5.41, 5.74) is 1.58. The van der Waals surface area contributed by atoms with E-state index >= 15 is 0 Å². The molecule has 0 spiro atoms. The minimum Gasteiger partial charge on any atom is -0.493 e. The third-order valence-electron chi connectivity index (χ3n) is 4.61. The minimum atomic E-state index is 0.366. The van der Waals surface area contributed by atoms with E-state index in [1.807, 2.05) is 44.4 Å². The molecule has 1 heterocycles. The smallest absolute Gasteiger partial charge is 0.162 e. The van der Waals surface area contributed by atoms with Crippen molar-refractivity contribution in [2.45, 2.75) is 32.6 Å². The Morgan fingerprint density at radius 1 is 1.07 bits per heavy atom. The van der Waals surface area contributed by atoms with Crippen molar-refractivity contribution in [3.63, 3.8) is 0 Å². The summed E-state index contributed by atoms with van der Waals surface area (Å²) in [5, 5.41) is 8.96. The highest BCUT2D eigenvalue weighted by Gasteiger charge is 2.28. The number of nitriles is 1. The van der Waals surface area contributed by atoms with Crippen molar-refractivity contribution in [2.24, 2.45) is 0 Å². The summed E-state index contributed by atoms with van der Waals surface area (Å²) in [6.07, 6.45) is 6.26. The van der Waals surface area contributed by atoms with Crippen LogP contribution >= 0.6 is 0 Å². The molecule has 0 unspecified atom stereocenters. The van der Waals surface area contributed by atoms with Crippen LogP contribution in [0.15, 0.2) is 54.9 Å². The molecule has 6 nitrogen and oxygen atoms in total. The maximum absolute atomic E-state index is 8.96. The van der Waals surface area contributed by atoms with Crippen molar-refractivity contribution in [1.29, 1.82) is 5.26 Å². The molecule has 30 heavy (non-hydrogen) atoms. The molecule has 6 heteroatoms. The molecule has 0 amide bonds. The van der Waals surface area contributed by atoms with Crippen molar-refractivity contribution in [3.8, 4) is 29.0 Å². The van der Waals surface area contributed by atoms with Crippen LogP contribution in [0, 0.1) is 11.3 Å². The van der Waals surface area contributed by atoms with Crippen molar-refractivity contribution in [3.05, 3.63) is 66.2 Å². The van der Waals surface area contributed by atoms with Gasteiger partial charge >= 0.3 is 0 Å². The number of rotatable bonds is 8. The Bertz CT molecular complexity index is 1000. The summed E-state index contributed by atoms with van der Waals surface area (Å²) in [7, 11) is 1.55. The van der Waals surface area contributed by atoms with Gasteiger partial charge < -0.3 is 18.8 Å². The molecule has 0 atom stereocenters. The zero-order valence-corrected chi connectivity index (χ0v) is 17.7. The molecule has 1 aliphatic rings. The topological polar surface area (TPSA) is 69.3 Å². The van der Waals surface area contributed by atoms with E-state index in [2.05, 4.69) is 21.7 Å². The van der Waals surface area contributed by atoms with Crippen LogP contribution in [0.1, 0.15) is 44.0 Å². The highest BCUT2D eigenvalue weighted by Crippen LogP contribution is 2.40. The van der Waals surface area contributed by atoms with Crippen molar-refractivity contribution in [1.82, 2.24) is 9.55 Å². The molecule has 1 fully saturated rings. The van der Waals surface area contributed by atoms with E-state index in [1.54, 1.807) is 25.3 Å². The lowest BCUT2D eigenvalue weighted by molar-refractivity contribution is 0.211. The average Bonchev–Trinajstić information content (AvgIpc) is 3.54. The monoisotopic (exact) mass is 405 g/mol. The molecular formula is C24H27N3O3. The second-order valence-electron chi connectivity index (χ2n) is 6.60. The average molecular weight is 405 g/mol. The lowest BCUT2D eigenvalue weighted by Crippen LogP contribution is -2.10. The Morgan fingerprint density at radius 2 is 1.87 bits per heavy atom. The van der Waals surface area contributed by atoms with Gasteiger partial charge in [-0.25, -0.2) is 4.98 Å². The molecular weight excluding hydrogens is 378 g/mol. The van der Waals surface area contributed by atoms with Gasteiger partial charge in [-0.3, -0.25) is 0 Å². The second-order valence-corrected chi connectivity index (χ2v) is 6.60. The number of benzene rings is 2. The summed E-state index contributed by atoms with van der Waals surface area (Å²) in [5.74, 6) is 3.60. The van der Waals surface area contributed by atoms with Gasteiger partial charge in [0.1, 0.15) is 24.8 Å². The predicted octanol–water partition coefficient (Wildman–Crippen LogP) is 5.11. The fraction of sp³-hybridized carbons (Fsp3) is 0.333. The van der Waals surface area contributed by atoms with Crippen molar-refractivity contribution < 1.29 is 14.2 Å². The van der Waals surface area contributed by atoms with Crippen LogP contribution in [0.5, 0.6) is 17.2 Å². The van der Waals surface area contributed by atoms with Gasteiger partial charge in [-0.15, -0.1) is 0 Å². The summed E-state index contributed by atoms with van der Waals surface area (Å²) in [4.78, 5) is 4.49. The number of methoxy groups -OCH3 is 1. The maximum Gasteiger partial charge on any atom is 0.162 e. The highest BCUT2D eigenvalue weighted by molar-refractivity contribution is 5.46. The first kappa shape index (κ1) is 21.3. The second kappa shape index (κ2) is 10.4. The molecule has 1 aliphatic carbocycles. The molecule has 4 rings (SSSR count). The summed E-state index contributed by atoms with van der Waals surface area (Å²) < 4.78 is 19.0. The molecule has 0 N–H and O–H groups in total. The molecule has 156 valence electrons. The minimum absolute atomic E-state index is 0.366. The number of hydrogen-bond acceptors (Lipinski definition) is 5. The first-order valence-electron chi connectivity index (χ1n) is 10.3. The van der Waals surface area contributed by atoms with E-state index < -0.39 is 0 Å². The first-order chi connectivity index (χ1) is 14.8. The van der Waals surface area contributed by atoms with Gasteiger partial charge in [0.25, 0.3) is 0 Å². The van der Waals surface area contributed by atoms with Crippen LogP contribution in [-0.2, 0) is 0 Å². The number of ether oxygens (including phenoxy) is 3. The Labute approximate surface area is 177 Å². The van der Waals surface area contributed by atoms with Crippen molar-refractivity contribution in [2.75, 3.05) is 20.3 Å². The van der Waals surface area contributed by atoms with Gasteiger partial charge in [0, 0.05) is 30.4 Å². The first-order valence-corrected chi connectivity index (χ1v) is 10.3. The van der Waals surface area contributed by atoms with E-state index in [1.165, 1.54) is 12.8 Å². The van der Waals surface area contributed by atoms with Gasteiger partial charge in [0.2, 0.25) is 0 Å². The number of aromatic nitrogens is 2. The van der Waals surface area contributed by atoms with E-state index in [-0.39, 0.29) is 0 Å². The van der Waals surface area contributed by atoms with Crippen LogP contribution in [0.2, 0.25) is 0 Å². The Balaban J connectivity index is 0.00000124. The molecule has 0 aliphatic heterocycles. The largest absolute Gasteiger partial charge is 0.493 e. The van der Waals surface area contributed by atoms with E-state index in [4.69, 9.17) is 19.5 Å². The van der Waals surface area contributed by atoms with E-state index in [0.29, 0.717) is 36.2 Å². The standard InChI is InChI=1S/C22H21N3O3.C2H6/c1-26-21-13-16(15-23)5-8-20(21)28-12-11-27-19-4-2-3-18(14-19)25-10-9-24-22(25)17-6-7-17;1-2/h2-5,8-10,13-14,17H,6-7,11-12H2,1H3;1-2H3. The van der Waals surface area contributed by atoms with Gasteiger partial charge in [-0.05, 0) is 37.1 Å². The maximum atomic E-state index is 8.96. The number of hydrogen-bond donors (Lipinski definition) is 0. The summed E-state index contributed by atoms with van der Waals surface area (Å²) in [6, 6.07) is 15.1. The van der Waals surface area contributed by atoms with Crippen LogP contribution in [0.3, 0.4) is 0 Å². The molecule has 0 bridgehead atoms. The Hall–Kier alpha value is -3.46. The summed E-state index contributed by atoms with van der Waals surface area (Å²) >= 11 is 0. The zero-order valence-electron chi connectivity index (χ0n) is 17.7. The van der Waals surface area contributed by atoms with Gasteiger partial charge in [-0.1, -0.05) is 19.9 Å². The fourth-order valence-electron chi connectivity index (χ4n) is 3.07. The predicted molar refractivity (Wildman–Crippen MR) is 116 cm³/mol. The third-order valence-corrected chi connectivity index (χ3v) is 4.61. The molecule has 1 aromatic heterocycles. The lowest BCUT2D eigenvalue weighted by Gasteiger charge is -2.13. The number of nitrogens with zero attached hydrogens (tertiary/aromatic N) is 3. The van der Waals surface area contributed by atoms with Crippen LogP contribution in [0.4, 0.5) is 0 Å². The van der Waals surface area contributed by atoms with E-state index in [0.717, 1.165) is 17.3 Å². The Kier molecular flexibility index (Phi) is 7.34. The van der Waals surface area contributed by atoms with Crippen LogP contribution in [0.25, 0.3) is 5.69 Å². The molecule has 1 saturated carbocycles. The van der Waals surface area contributed by atoms with E-state index in [9.17, 15) is 0 Å². The van der Waals surface area contributed by atoms with Gasteiger partial charge in [0.15, 0.2) is 11.5 Å². The number of imidazole rings is 1. The molecule has 0 saturated heterocycles. The highest BCUT2D eigenvalue weighted by atomic mass is 16.5. The quantitative estimate of drug-likeness (QED) is 0.487. The van der Waals surface area contributed by atoms with Gasteiger partial charge in [-0.2, -0.15) is 5.26 Å². The zero-order chi connectivity index (χ0) is 21.3. The van der Waals surface area contributed by atoms with Crippen molar-refractivity contribution >= 4 is 0 Å². The molecule has 0 radical (unpaired) electrons. The van der Waals surface area contributed by atoms with Gasteiger partial charge in [0.05, 0.1) is 24.4 Å². The normalized spacial score (nSPS) is 12.3.